The average Bonchev–Trinajstić information content (AvgIpc) is 3.36. The Morgan fingerprint density at radius 3 is 2.36 bits per heavy atom. The standard InChI is InChI=1S/C18H18N4.C4H7NO/c1-2-19-18-16(13-14-9-5-3-6-10-14)20-17(21-22-18)15-11-7-4-8-12-15;1-2-6-4-3-5(1)4/h3-12H,2,13H2,1H3,(H,19,22);4H,1-3H2. The first-order valence-corrected chi connectivity index (χ1v) is 9.76. The van der Waals surface area contributed by atoms with Crippen LogP contribution in [0, 0.1) is 0 Å². The Kier molecular flexibility index (Phi) is 5.89. The van der Waals surface area contributed by atoms with Crippen molar-refractivity contribution in [2.45, 2.75) is 19.6 Å². The third-order valence-corrected chi connectivity index (χ3v) is 4.70. The Balaban J connectivity index is 0.000000268. The molecule has 2 aliphatic heterocycles. The lowest BCUT2D eigenvalue weighted by atomic mass is 10.1. The van der Waals surface area contributed by atoms with Gasteiger partial charge in [0.1, 0.15) is 6.23 Å². The first-order valence-electron chi connectivity index (χ1n) is 9.76. The minimum Gasteiger partial charge on any atom is -0.367 e. The van der Waals surface area contributed by atoms with E-state index < -0.39 is 0 Å². The van der Waals surface area contributed by atoms with E-state index >= 15 is 0 Å². The number of aromatic nitrogens is 3. The van der Waals surface area contributed by atoms with Crippen molar-refractivity contribution in [2.75, 3.05) is 31.6 Å². The molecule has 0 saturated carbocycles. The smallest absolute Gasteiger partial charge is 0.182 e. The third kappa shape index (κ3) is 4.71. The molecule has 144 valence electrons. The van der Waals surface area contributed by atoms with Crippen LogP contribution in [0.25, 0.3) is 11.4 Å². The van der Waals surface area contributed by atoms with Gasteiger partial charge in [0.2, 0.25) is 0 Å². The Labute approximate surface area is 165 Å². The van der Waals surface area contributed by atoms with Crippen LogP contribution in [0.5, 0.6) is 0 Å². The summed E-state index contributed by atoms with van der Waals surface area (Å²) in [5, 5.41) is 11.8. The molecule has 5 rings (SSSR count). The summed E-state index contributed by atoms with van der Waals surface area (Å²) in [7, 11) is 0. The summed E-state index contributed by atoms with van der Waals surface area (Å²) in [5.74, 6) is 1.42. The number of hydrogen-bond acceptors (Lipinski definition) is 6. The van der Waals surface area contributed by atoms with Crippen LogP contribution in [0.15, 0.2) is 60.7 Å². The van der Waals surface area contributed by atoms with E-state index in [0.29, 0.717) is 12.1 Å². The number of benzene rings is 2. The maximum Gasteiger partial charge on any atom is 0.182 e. The fraction of sp³-hybridized carbons (Fsp3) is 0.318. The second kappa shape index (κ2) is 8.91. The lowest BCUT2D eigenvalue weighted by molar-refractivity contribution is 0.159. The van der Waals surface area contributed by atoms with E-state index in [9.17, 15) is 0 Å². The molecule has 3 aromatic rings. The van der Waals surface area contributed by atoms with Crippen LogP contribution in [0.1, 0.15) is 18.2 Å². The largest absolute Gasteiger partial charge is 0.367 e. The van der Waals surface area contributed by atoms with Crippen LogP contribution < -0.4 is 5.32 Å². The summed E-state index contributed by atoms with van der Waals surface area (Å²) in [5.41, 5.74) is 3.11. The van der Waals surface area contributed by atoms with Gasteiger partial charge < -0.3 is 10.1 Å². The third-order valence-electron chi connectivity index (χ3n) is 4.70. The van der Waals surface area contributed by atoms with Gasteiger partial charge in [-0.05, 0) is 12.5 Å². The highest BCUT2D eigenvalue weighted by molar-refractivity contribution is 5.56. The summed E-state index contributed by atoms with van der Waals surface area (Å²) in [6, 6.07) is 20.2. The number of rotatable bonds is 5. The lowest BCUT2D eigenvalue weighted by Gasteiger charge is -2.10. The summed E-state index contributed by atoms with van der Waals surface area (Å²) >= 11 is 0. The Bertz CT molecular complexity index is 880. The molecule has 2 atom stereocenters. The fourth-order valence-electron chi connectivity index (χ4n) is 3.14. The van der Waals surface area contributed by atoms with Crippen LogP contribution in [-0.2, 0) is 11.2 Å². The summed E-state index contributed by atoms with van der Waals surface area (Å²) in [4.78, 5) is 7.03. The summed E-state index contributed by atoms with van der Waals surface area (Å²) in [6.45, 7) is 6.16. The van der Waals surface area contributed by atoms with Crippen molar-refractivity contribution in [1.29, 1.82) is 0 Å². The van der Waals surface area contributed by atoms with Crippen molar-refractivity contribution in [3.63, 3.8) is 0 Å². The maximum absolute atomic E-state index is 5.15. The zero-order valence-corrected chi connectivity index (χ0v) is 16.1. The predicted octanol–water partition coefficient (Wildman–Crippen LogP) is 3.22. The molecule has 0 radical (unpaired) electrons. The van der Waals surface area contributed by atoms with Crippen LogP contribution in [0.2, 0.25) is 0 Å². The first kappa shape index (κ1) is 18.5. The van der Waals surface area contributed by atoms with Gasteiger partial charge in [0.05, 0.1) is 12.3 Å². The van der Waals surface area contributed by atoms with Crippen LogP contribution in [-0.4, -0.2) is 52.6 Å². The zero-order chi connectivity index (χ0) is 19.2. The predicted molar refractivity (Wildman–Crippen MR) is 110 cm³/mol. The highest BCUT2D eigenvalue weighted by Crippen LogP contribution is 2.22. The normalized spacial score (nSPS) is 19.3. The SMILES string of the molecule is C1CN2CC2O1.CCNc1nnc(-c2ccccc2)nc1Cc1ccccc1. The number of ether oxygens (including phenoxy) is 1. The van der Waals surface area contributed by atoms with Gasteiger partial charge in [-0.3, -0.25) is 4.90 Å². The van der Waals surface area contributed by atoms with Crippen molar-refractivity contribution in [3.05, 3.63) is 71.9 Å². The number of nitrogens with zero attached hydrogens (tertiary/aromatic N) is 4. The number of fused-ring (bicyclic) bond motifs is 1. The second-order valence-corrected chi connectivity index (χ2v) is 6.81. The summed E-state index contributed by atoms with van der Waals surface area (Å²) < 4.78 is 5.15. The molecule has 6 nitrogen and oxygen atoms in total. The minimum absolute atomic E-state index is 0.546. The molecular formula is C22H25N5O. The average molecular weight is 375 g/mol. The molecule has 0 aliphatic carbocycles. The topological polar surface area (TPSA) is 62.9 Å². The van der Waals surface area contributed by atoms with Crippen LogP contribution >= 0.6 is 0 Å². The summed E-state index contributed by atoms with van der Waals surface area (Å²) in [6.07, 6.45) is 1.28. The Morgan fingerprint density at radius 1 is 1.04 bits per heavy atom. The van der Waals surface area contributed by atoms with Crippen molar-refractivity contribution < 1.29 is 4.74 Å². The molecule has 2 fully saturated rings. The van der Waals surface area contributed by atoms with Crippen molar-refractivity contribution >= 4 is 5.82 Å². The molecule has 2 aromatic carbocycles. The van der Waals surface area contributed by atoms with Gasteiger partial charge in [0, 0.05) is 31.6 Å². The van der Waals surface area contributed by atoms with Gasteiger partial charge in [-0.25, -0.2) is 4.98 Å². The minimum atomic E-state index is 0.546. The number of hydrogen-bond donors (Lipinski definition) is 1. The van der Waals surface area contributed by atoms with Crippen molar-refractivity contribution in [1.82, 2.24) is 20.1 Å². The lowest BCUT2D eigenvalue weighted by Crippen LogP contribution is -2.09. The highest BCUT2D eigenvalue weighted by Gasteiger charge is 2.39. The van der Waals surface area contributed by atoms with E-state index in [0.717, 1.165) is 36.6 Å². The second-order valence-electron chi connectivity index (χ2n) is 6.81. The quantitative estimate of drug-likeness (QED) is 0.691. The van der Waals surface area contributed by atoms with E-state index in [1.165, 1.54) is 18.7 Å². The van der Waals surface area contributed by atoms with Crippen molar-refractivity contribution in [2.24, 2.45) is 0 Å². The van der Waals surface area contributed by atoms with Gasteiger partial charge in [0.25, 0.3) is 0 Å². The molecule has 0 amide bonds. The van der Waals surface area contributed by atoms with Crippen molar-refractivity contribution in [3.8, 4) is 11.4 Å². The molecule has 28 heavy (non-hydrogen) atoms. The molecule has 2 aliphatic rings. The Hall–Kier alpha value is -2.83. The molecule has 6 heteroatoms. The fourth-order valence-corrected chi connectivity index (χ4v) is 3.14. The molecule has 3 heterocycles. The number of nitrogens with one attached hydrogen (secondary N) is 1. The van der Waals surface area contributed by atoms with E-state index in [2.05, 4.69) is 32.5 Å². The van der Waals surface area contributed by atoms with Gasteiger partial charge in [-0.2, -0.15) is 0 Å². The molecular weight excluding hydrogens is 350 g/mol. The van der Waals surface area contributed by atoms with E-state index in [-0.39, 0.29) is 0 Å². The van der Waals surface area contributed by atoms with Gasteiger partial charge in [-0.15, -0.1) is 10.2 Å². The molecule has 1 aromatic heterocycles. The molecule has 0 spiro atoms. The van der Waals surface area contributed by atoms with Crippen LogP contribution in [0.4, 0.5) is 5.82 Å². The van der Waals surface area contributed by atoms with E-state index in [1.54, 1.807) is 0 Å². The van der Waals surface area contributed by atoms with E-state index in [1.807, 2.05) is 55.5 Å². The zero-order valence-electron chi connectivity index (χ0n) is 16.1. The van der Waals surface area contributed by atoms with Crippen LogP contribution in [0.3, 0.4) is 0 Å². The molecule has 0 bridgehead atoms. The molecule has 2 unspecified atom stereocenters. The highest BCUT2D eigenvalue weighted by atomic mass is 16.5. The number of anilines is 1. The van der Waals surface area contributed by atoms with Gasteiger partial charge in [0.15, 0.2) is 11.6 Å². The van der Waals surface area contributed by atoms with Gasteiger partial charge in [-0.1, -0.05) is 60.7 Å². The number of morpholine rings is 1. The first-order chi connectivity index (χ1) is 13.8. The monoisotopic (exact) mass is 375 g/mol. The van der Waals surface area contributed by atoms with Gasteiger partial charge >= 0.3 is 0 Å². The maximum atomic E-state index is 5.15. The van der Waals surface area contributed by atoms with E-state index in [4.69, 9.17) is 9.72 Å². The Morgan fingerprint density at radius 2 is 1.79 bits per heavy atom. The molecule has 2 saturated heterocycles. The molecule has 1 N–H and O–H groups in total.